The Bertz CT molecular complexity index is 468. The van der Waals surface area contributed by atoms with Crippen LogP contribution in [-0.4, -0.2) is 108 Å². The molecule has 2 rings (SSSR count). The van der Waals surface area contributed by atoms with E-state index in [1.807, 2.05) is 4.90 Å². The average Bonchev–Trinajstić information content (AvgIpc) is 3.06. The van der Waals surface area contributed by atoms with Crippen LogP contribution in [0.1, 0.15) is 25.7 Å². The van der Waals surface area contributed by atoms with Crippen LogP contribution in [0.4, 0.5) is 0 Å². The fraction of sp³-hybridized carbons (Fsp3) is 0.824. The summed E-state index contributed by atoms with van der Waals surface area (Å²) in [7, 11) is 0. The molecule has 1 saturated carbocycles. The molecule has 3 N–H and O–H groups in total. The summed E-state index contributed by atoms with van der Waals surface area (Å²) in [5.74, 6) is -1.81. The van der Waals surface area contributed by atoms with E-state index in [0.717, 1.165) is 25.7 Å². The number of carbonyl (C=O) groups is 3. The maximum Gasteiger partial charge on any atom is 0.317 e. The van der Waals surface area contributed by atoms with Gasteiger partial charge >= 0.3 is 11.9 Å². The first kappa shape index (κ1) is 20.6. The van der Waals surface area contributed by atoms with Crippen LogP contribution in [-0.2, 0) is 14.4 Å². The predicted octanol–water partition coefficient (Wildman–Crippen LogP) is -0.866. The standard InChI is InChI=1S/C17H30N4O5/c22-15(18-14-3-1-2-4-14)11-19-5-7-20(12-16(23)24)9-10-21(8-6-19)13-17(25)26/h14H,1-13H2,(H,18,22)(H,23,24)(H,25,26). The number of hydrogen-bond acceptors (Lipinski definition) is 6. The number of aliphatic carboxylic acids is 2. The molecular weight excluding hydrogens is 340 g/mol. The summed E-state index contributed by atoms with van der Waals surface area (Å²) < 4.78 is 0. The number of nitrogens with zero attached hydrogens (tertiary/aromatic N) is 3. The van der Waals surface area contributed by atoms with Gasteiger partial charge in [-0.2, -0.15) is 0 Å². The van der Waals surface area contributed by atoms with E-state index in [-0.39, 0.29) is 31.6 Å². The minimum Gasteiger partial charge on any atom is -0.480 e. The van der Waals surface area contributed by atoms with Crippen molar-refractivity contribution in [3.05, 3.63) is 0 Å². The highest BCUT2D eigenvalue weighted by Crippen LogP contribution is 2.17. The molecule has 0 radical (unpaired) electrons. The molecule has 0 spiro atoms. The van der Waals surface area contributed by atoms with Gasteiger partial charge in [0, 0.05) is 45.3 Å². The van der Waals surface area contributed by atoms with Crippen LogP contribution in [0.3, 0.4) is 0 Å². The van der Waals surface area contributed by atoms with Gasteiger partial charge in [-0.05, 0) is 12.8 Å². The van der Waals surface area contributed by atoms with Crippen LogP contribution in [0, 0.1) is 0 Å². The van der Waals surface area contributed by atoms with Crippen molar-refractivity contribution in [1.82, 2.24) is 20.0 Å². The minimum absolute atomic E-state index is 0.00860. The van der Waals surface area contributed by atoms with Crippen LogP contribution in [0.5, 0.6) is 0 Å². The summed E-state index contributed by atoms with van der Waals surface area (Å²) in [6, 6.07) is 0.270. The van der Waals surface area contributed by atoms with Crippen molar-refractivity contribution in [3.63, 3.8) is 0 Å². The van der Waals surface area contributed by atoms with Crippen LogP contribution in [0.25, 0.3) is 0 Å². The second-order valence-corrected chi connectivity index (χ2v) is 7.16. The summed E-state index contributed by atoms with van der Waals surface area (Å²) in [5, 5.41) is 21.2. The number of hydrogen-bond donors (Lipinski definition) is 3. The number of carboxylic acid groups (broad SMARTS) is 2. The van der Waals surface area contributed by atoms with Gasteiger partial charge in [0.1, 0.15) is 0 Å². The first-order chi connectivity index (χ1) is 12.4. The minimum atomic E-state index is -0.903. The molecule has 9 nitrogen and oxygen atoms in total. The highest BCUT2D eigenvalue weighted by atomic mass is 16.4. The van der Waals surface area contributed by atoms with E-state index in [4.69, 9.17) is 10.2 Å². The third-order valence-corrected chi connectivity index (χ3v) is 5.00. The molecule has 0 aromatic heterocycles. The smallest absolute Gasteiger partial charge is 0.317 e. The van der Waals surface area contributed by atoms with E-state index in [1.54, 1.807) is 9.80 Å². The maximum atomic E-state index is 12.3. The van der Waals surface area contributed by atoms with Crippen molar-refractivity contribution >= 4 is 17.8 Å². The molecule has 1 aliphatic carbocycles. The maximum absolute atomic E-state index is 12.3. The van der Waals surface area contributed by atoms with Crippen molar-refractivity contribution in [1.29, 1.82) is 0 Å². The molecule has 0 atom stereocenters. The van der Waals surface area contributed by atoms with E-state index < -0.39 is 11.9 Å². The van der Waals surface area contributed by atoms with Crippen LogP contribution in [0.2, 0.25) is 0 Å². The van der Waals surface area contributed by atoms with Gasteiger partial charge in [0.2, 0.25) is 5.91 Å². The summed E-state index contributed by atoms with van der Waals surface area (Å²) in [4.78, 5) is 40.0. The molecule has 0 bridgehead atoms. The molecule has 0 unspecified atom stereocenters. The first-order valence-electron chi connectivity index (χ1n) is 9.32. The first-order valence-corrected chi connectivity index (χ1v) is 9.32. The Hall–Kier alpha value is -1.71. The number of carbonyl (C=O) groups excluding carboxylic acids is 1. The van der Waals surface area contributed by atoms with E-state index >= 15 is 0 Å². The summed E-state index contributed by atoms with van der Waals surface area (Å²) in [5.41, 5.74) is 0. The fourth-order valence-electron chi connectivity index (χ4n) is 3.59. The second-order valence-electron chi connectivity index (χ2n) is 7.16. The molecule has 9 heteroatoms. The lowest BCUT2D eigenvalue weighted by atomic mass is 10.2. The molecule has 148 valence electrons. The van der Waals surface area contributed by atoms with Gasteiger partial charge in [-0.25, -0.2) is 0 Å². The Balaban J connectivity index is 1.91. The van der Waals surface area contributed by atoms with Gasteiger partial charge in [-0.3, -0.25) is 29.1 Å². The zero-order chi connectivity index (χ0) is 18.9. The topological polar surface area (TPSA) is 113 Å². The molecule has 26 heavy (non-hydrogen) atoms. The molecular formula is C17H30N4O5. The van der Waals surface area contributed by atoms with Crippen molar-refractivity contribution in [3.8, 4) is 0 Å². The summed E-state index contributed by atoms with van der Waals surface area (Å²) in [6.07, 6.45) is 4.38. The highest BCUT2D eigenvalue weighted by Gasteiger charge is 2.22. The van der Waals surface area contributed by atoms with E-state index in [2.05, 4.69) is 5.32 Å². The Labute approximate surface area is 153 Å². The van der Waals surface area contributed by atoms with Gasteiger partial charge in [-0.15, -0.1) is 0 Å². The van der Waals surface area contributed by atoms with Crippen molar-refractivity contribution in [2.45, 2.75) is 31.7 Å². The monoisotopic (exact) mass is 370 g/mol. The molecule has 1 saturated heterocycles. The second kappa shape index (κ2) is 10.4. The molecule has 1 heterocycles. The fourth-order valence-corrected chi connectivity index (χ4v) is 3.59. The molecule has 2 fully saturated rings. The zero-order valence-electron chi connectivity index (χ0n) is 15.2. The third kappa shape index (κ3) is 7.67. The average molecular weight is 370 g/mol. The lowest BCUT2D eigenvalue weighted by Gasteiger charge is -2.25. The summed E-state index contributed by atoms with van der Waals surface area (Å²) in [6.45, 7) is 3.38. The van der Waals surface area contributed by atoms with Crippen LogP contribution >= 0.6 is 0 Å². The molecule has 0 aromatic rings. The van der Waals surface area contributed by atoms with Gasteiger partial charge in [0.25, 0.3) is 0 Å². The normalized spacial score (nSPS) is 21.7. The molecule has 1 amide bonds. The van der Waals surface area contributed by atoms with Gasteiger partial charge in [-0.1, -0.05) is 12.8 Å². The SMILES string of the molecule is O=C(O)CN1CCN(CC(=O)O)CCN(CC(=O)NC2CCCC2)CC1. The van der Waals surface area contributed by atoms with E-state index in [9.17, 15) is 14.4 Å². The lowest BCUT2D eigenvalue weighted by Crippen LogP contribution is -2.45. The number of nitrogens with one attached hydrogen (secondary N) is 1. The van der Waals surface area contributed by atoms with E-state index in [0.29, 0.717) is 39.3 Å². The van der Waals surface area contributed by atoms with Gasteiger partial charge < -0.3 is 15.5 Å². The third-order valence-electron chi connectivity index (χ3n) is 5.00. The highest BCUT2D eigenvalue weighted by molar-refractivity contribution is 5.78. The number of amides is 1. The van der Waals surface area contributed by atoms with Crippen molar-refractivity contribution < 1.29 is 24.6 Å². The van der Waals surface area contributed by atoms with Gasteiger partial charge in [0.15, 0.2) is 0 Å². The Morgan fingerprint density at radius 3 is 1.50 bits per heavy atom. The Morgan fingerprint density at radius 1 is 0.731 bits per heavy atom. The van der Waals surface area contributed by atoms with Gasteiger partial charge in [0.05, 0.1) is 19.6 Å². The lowest BCUT2D eigenvalue weighted by molar-refractivity contribution is -0.140. The van der Waals surface area contributed by atoms with Crippen molar-refractivity contribution in [2.75, 3.05) is 58.9 Å². The number of carboxylic acids is 2. The number of rotatable bonds is 7. The van der Waals surface area contributed by atoms with Crippen LogP contribution < -0.4 is 5.32 Å². The summed E-state index contributed by atoms with van der Waals surface area (Å²) >= 11 is 0. The van der Waals surface area contributed by atoms with Crippen molar-refractivity contribution in [2.24, 2.45) is 0 Å². The Kier molecular flexibility index (Phi) is 8.27. The predicted molar refractivity (Wildman–Crippen MR) is 95.0 cm³/mol. The Morgan fingerprint density at radius 2 is 1.12 bits per heavy atom. The molecule has 1 aliphatic heterocycles. The molecule has 2 aliphatic rings. The van der Waals surface area contributed by atoms with Crippen LogP contribution in [0.15, 0.2) is 0 Å². The quantitative estimate of drug-likeness (QED) is 0.530. The molecule has 0 aromatic carbocycles. The largest absolute Gasteiger partial charge is 0.480 e. The van der Waals surface area contributed by atoms with E-state index in [1.165, 1.54) is 0 Å². The zero-order valence-corrected chi connectivity index (χ0v) is 15.2.